The Bertz CT molecular complexity index is 1010. The maximum atomic E-state index is 12.4. The smallest absolute Gasteiger partial charge is 0.462 e. The molecule has 282 valence electrons. The number of unbranched alkanes of at least 4 members (excludes halogenated alkanes) is 9. The molecule has 0 aliphatic rings. The van der Waals surface area contributed by atoms with Gasteiger partial charge < -0.3 is 24.4 Å². The highest BCUT2D eigenvalue weighted by atomic mass is 31.2. The Hall–Kier alpha value is -2.29. The number of ether oxygens (including phenoxy) is 2. The Labute approximate surface area is 297 Å². The normalized spacial score (nSPS) is 13.9. The van der Waals surface area contributed by atoms with E-state index in [1.807, 2.05) is 12.2 Å². The molecule has 0 heterocycles. The van der Waals surface area contributed by atoms with Crippen LogP contribution in [0.2, 0.25) is 0 Å². The van der Waals surface area contributed by atoms with Gasteiger partial charge in [0, 0.05) is 12.8 Å². The summed E-state index contributed by atoms with van der Waals surface area (Å²) in [5.74, 6) is -0.306. The Morgan fingerprint density at radius 3 is 1.76 bits per heavy atom. The number of aliphatic hydroxyl groups is 1. The van der Waals surface area contributed by atoms with Crippen molar-refractivity contribution in [1.82, 2.24) is 0 Å². The van der Waals surface area contributed by atoms with Gasteiger partial charge in [0.25, 0.3) is 0 Å². The predicted octanol–water partition coefficient (Wildman–Crippen LogP) is 9.78. The van der Waals surface area contributed by atoms with Crippen molar-refractivity contribution in [1.29, 1.82) is 0 Å². The molecule has 49 heavy (non-hydrogen) atoms. The molecule has 2 atom stereocenters. The maximum absolute atomic E-state index is 12.4. The molecule has 0 saturated carbocycles. The second-order valence-electron chi connectivity index (χ2n) is 12.9. The third kappa shape index (κ3) is 36.8. The van der Waals surface area contributed by atoms with Crippen LogP contribution in [-0.2, 0) is 28.2 Å². The van der Waals surface area contributed by atoms with Crippen LogP contribution in [0.4, 0.5) is 0 Å². The van der Waals surface area contributed by atoms with Gasteiger partial charge in [-0.1, -0.05) is 146 Å². The van der Waals surface area contributed by atoms with E-state index in [1.165, 1.54) is 44.9 Å². The highest BCUT2D eigenvalue weighted by Gasteiger charge is 2.23. The lowest BCUT2D eigenvalue weighted by Gasteiger charge is -2.18. The molecular formula is C39H67O9P. The summed E-state index contributed by atoms with van der Waals surface area (Å²) in [4.78, 5) is 42.7. The summed E-state index contributed by atoms with van der Waals surface area (Å²) in [6, 6.07) is 0. The number of phosphoric acid groups is 1. The van der Waals surface area contributed by atoms with Crippen LogP contribution < -0.4 is 0 Å². The van der Waals surface area contributed by atoms with Crippen molar-refractivity contribution in [2.45, 2.75) is 155 Å². The van der Waals surface area contributed by atoms with Gasteiger partial charge in [-0.2, -0.15) is 0 Å². The van der Waals surface area contributed by atoms with Gasteiger partial charge in [-0.25, -0.2) is 4.57 Å². The van der Waals surface area contributed by atoms with E-state index in [4.69, 9.17) is 19.3 Å². The van der Waals surface area contributed by atoms with Crippen molar-refractivity contribution < 1.29 is 43.0 Å². The van der Waals surface area contributed by atoms with Gasteiger partial charge in [-0.05, 0) is 50.9 Å². The molecule has 0 aromatic heterocycles. The molecule has 0 amide bonds. The first-order chi connectivity index (χ1) is 23.5. The fourth-order valence-electron chi connectivity index (χ4n) is 4.82. The number of carbonyl (C=O) groups excluding carboxylic acids is 2. The molecule has 0 fully saturated rings. The Morgan fingerprint density at radius 2 is 1.18 bits per heavy atom. The number of esters is 2. The van der Waals surface area contributed by atoms with E-state index < -0.39 is 38.6 Å². The minimum Gasteiger partial charge on any atom is -0.462 e. The van der Waals surface area contributed by atoms with Gasteiger partial charge in [0.15, 0.2) is 6.10 Å². The molecule has 0 aliphatic heterocycles. The van der Waals surface area contributed by atoms with Crippen molar-refractivity contribution in [2.24, 2.45) is 5.92 Å². The van der Waals surface area contributed by atoms with Crippen LogP contribution in [0, 0.1) is 5.92 Å². The fraction of sp³-hybridized carbons (Fsp3) is 0.692. The summed E-state index contributed by atoms with van der Waals surface area (Å²) in [7, 11) is -4.81. The lowest BCUT2D eigenvalue weighted by atomic mass is 10.0. The summed E-state index contributed by atoms with van der Waals surface area (Å²) < 4.78 is 26.2. The van der Waals surface area contributed by atoms with Crippen molar-refractivity contribution >= 4 is 19.8 Å². The van der Waals surface area contributed by atoms with Crippen molar-refractivity contribution in [3.8, 4) is 0 Å². The van der Waals surface area contributed by atoms with E-state index >= 15 is 0 Å². The summed E-state index contributed by atoms with van der Waals surface area (Å²) >= 11 is 0. The van der Waals surface area contributed by atoms with Crippen LogP contribution in [0.3, 0.4) is 0 Å². The monoisotopic (exact) mass is 710 g/mol. The first-order valence-electron chi connectivity index (χ1n) is 18.5. The van der Waals surface area contributed by atoms with Crippen LogP contribution in [0.5, 0.6) is 0 Å². The van der Waals surface area contributed by atoms with Crippen LogP contribution in [0.15, 0.2) is 60.8 Å². The topological polar surface area (TPSA) is 140 Å². The third-order valence-electron chi connectivity index (χ3n) is 7.58. The zero-order chi connectivity index (χ0) is 36.4. The highest BCUT2D eigenvalue weighted by molar-refractivity contribution is 7.46. The quantitative estimate of drug-likeness (QED) is 0.0205. The SMILES string of the molecule is CC/C=C\C/C=C\C/C=C\C/C=C\C=C\C(O)CCCC(=O)O[C@H](COC(=O)CCCCCCCCCCCCC(C)C)COP(=O)(O)O. The predicted molar refractivity (Wildman–Crippen MR) is 199 cm³/mol. The molecule has 9 nitrogen and oxygen atoms in total. The minimum absolute atomic E-state index is 0.0205. The average Bonchev–Trinajstić information content (AvgIpc) is 3.04. The lowest BCUT2D eigenvalue weighted by Crippen LogP contribution is -2.29. The second-order valence-corrected chi connectivity index (χ2v) is 14.1. The Kier molecular flexibility index (Phi) is 31.4. The minimum atomic E-state index is -4.81. The molecule has 0 radical (unpaired) electrons. The molecule has 0 rings (SSSR count). The Balaban J connectivity index is 4.21. The van der Waals surface area contributed by atoms with Crippen molar-refractivity contribution in [3.63, 3.8) is 0 Å². The number of hydrogen-bond acceptors (Lipinski definition) is 7. The number of hydrogen-bond donors (Lipinski definition) is 3. The third-order valence-corrected chi connectivity index (χ3v) is 8.07. The zero-order valence-electron chi connectivity index (χ0n) is 30.6. The van der Waals surface area contributed by atoms with Crippen LogP contribution >= 0.6 is 7.82 Å². The summed E-state index contributed by atoms with van der Waals surface area (Å²) in [5, 5.41) is 10.2. The van der Waals surface area contributed by atoms with Gasteiger partial charge in [0.2, 0.25) is 0 Å². The van der Waals surface area contributed by atoms with Crippen molar-refractivity contribution in [3.05, 3.63) is 60.8 Å². The molecule has 0 bridgehead atoms. The van der Waals surface area contributed by atoms with Gasteiger partial charge in [-0.3, -0.25) is 14.1 Å². The van der Waals surface area contributed by atoms with Gasteiger partial charge in [-0.15, -0.1) is 0 Å². The van der Waals surface area contributed by atoms with Gasteiger partial charge >= 0.3 is 19.8 Å². The molecule has 1 unspecified atom stereocenters. The van der Waals surface area contributed by atoms with Crippen LogP contribution in [0.1, 0.15) is 143 Å². The lowest BCUT2D eigenvalue weighted by molar-refractivity contribution is -0.161. The second kappa shape index (κ2) is 32.9. The fourth-order valence-corrected chi connectivity index (χ4v) is 5.18. The van der Waals surface area contributed by atoms with Crippen molar-refractivity contribution in [2.75, 3.05) is 13.2 Å². The van der Waals surface area contributed by atoms with E-state index in [-0.39, 0.29) is 19.4 Å². The molecule has 0 aromatic carbocycles. The maximum Gasteiger partial charge on any atom is 0.469 e. The molecule has 0 spiro atoms. The zero-order valence-corrected chi connectivity index (χ0v) is 31.5. The van der Waals surface area contributed by atoms with Crippen LogP contribution in [0.25, 0.3) is 0 Å². The molecule has 10 heteroatoms. The molecule has 0 saturated heterocycles. The van der Waals surface area contributed by atoms with E-state index in [2.05, 4.69) is 61.8 Å². The van der Waals surface area contributed by atoms with E-state index in [0.717, 1.165) is 50.9 Å². The first-order valence-corrected chi connectivity index (χ1v) is 20.1. The first kappa shape index (κ1) is 46.7. The molecule has 0 aromatic rings. The Morgan fingerprint density at radius 1 is 0.653 bits per heavy atom. The van der Waals surface area contributed by atoms with Gasteiger partial charge in [0.05, 0.1) is 12.7 Å². The molecular weight excluding hydrogens is 643 g/mol. The summed E-state index contributed by atoms with van der Waals surface area (Å²) in [5.41, 5.74) is 0. The number of aliphatic hydroxyl groups excluding tert-OH is 1. The van der Waals surface area contributed by atoms with E-state index in [1.54, 1.807) is 12.2 Å². The standard InChI is InChI=1S/C39H67O9P/c1-4-5-6-7-8-9-10-11-12-16-19-22-25-29-36(40)30-27-32-39(42)48-37(34-47-49(43,44)45)33-46-38(41)31-26-23-20-17-14-13-15-18-21-24-28-35(2)3/h5-6,8-9,11-12,19,22,25,29,35-37,40H,4,7,10,13-18,20-21,23-24,26-28,30-34H2,1-3H3,(H2,43,44,45)/b6-5-,9-8-,12-11-,22-19-,29-25+/t36?,37-/m1/s1. The van der Waals surface area contributed by atoms with Gasteiger partial charge in [0.1, 0.15) is 6.61 Å². The largest absolute Gasteiger partial charge is 0.469 e. The van der Waals surface area contributed by atoms with E-state index in [9.17, 15) is 19.3 Å². The summed E-state index contributed by atoms with van der Waals surface area (Å²) in [6.45, 7) is 5.68. The van der Waals surface area contributed by atoms with Crippen LogP contribution in [-0.4, -0.2) is 52.3 Å². The highest BCUT2D eigenvalue weighted by Crippen LogP contribution is 2.36. The average molecular weight is 711 g/mol. The number of rotatable bonds is 32. The summed E-state index contributed by atoms with van der Waals surface area (Å²) in [6.07, 6.45) is 35.6. The molecule has 0 aliphatic carbocycles. The number of carbonyl (C=O) groups is 2. The van der Waals surface area contributed by atoms with E-state index in [0.29, 0.717) is 19.3 Å². The number of phosphoric ester groups is 1. The molecule has 3 N–H and O–H groups in total. The number of allylic oxidation sites excluding steroid dienone is 9.